The molecule has 1 saturated carbocycles. The fourth-order valence-electron chi connectivity index (χ4n) is 4.40. The van der Waals surface area contributed by atoms with E-state index in [1.807, 2.05) is 20.8 Å². The van der Waals surface area contributed by atoms with Gasteiger partial charge in [-0.15, -0.1) is 0 Å². The van der Waals surface area contributed by atoms with E-state index in [0.29, 0.717) is 17.5 Å². The third-order valence-electron chi connectivity index (χ3n) is 6.46. The lowest BCUT2D eigenvalue weighted by atomic mass is 9.87. The Hall–Kier alpha value is -1.01. The first kappa shape index (κ1) is 27.6. The van der Waals surface area contributed by atoms with Gasteiger partial charge >= 0.3 is 6.09 Å². The second kappa shape index (κ2) is 9.46. The molecule has 0 spiro atoms. The molecule has 0 aromatic carbocycles. The van der Waals surface area contributed by atoms with Crippen molar-refractivity contribution in [2.24, 2.45) is 16.3 Å². The van der Waals surface area contributed by atoms with E-state index in [4.69, 9.17) is 9.73 Å². The maximum absolute atomic E-state index is 14.9. The number of halogens is 2. The summed E-state index contributed by atoms with van der Waals surface area (Å²) in [4.78, 5) is 22.5. The number of thioether (sulfide) groups is 1. The van der Waals surface area contributed by atoms with Crippen LogP contribution >= 0.6 is 27.7 Å². The number of hydrogen-bond donors (Lipinski definition) is 2. The van der Waals surface area contributed by atoms with Crippen LogP contribution in [-0.2, 0) is 10.3 Å². The number of fused-ring (bicyclic) bond motifs is 1. The Bertz CT molecular complexity index is 986. The van der Waals surface area contributed by atoms with E-state index in [1.54, 1.807) is 13.0 Å². The number of aliphatic hydroxyl groups excluding tert-OH is 1. The highest BCUT2D eigenvalue weighted by Crippen LogP contribution is 2.66. The molecule has 2 aliphatic rings. The zero-order chi connectivity index (χ0) is 25.7. The zero-order valence-corrected chi connectivity index (χ0v) is 24.3. The number of ether oxygens (including phenoxy) is 1. The molecule has 34 heavy (non-hydrogen) atoms. The average molecular weight is 577 g/mol. The van der Waals surface area contributed by atoms with Crippen LogP contribution < -0.4 is 0 Å². The Balaban J connectivity index is 2.08. The molecule has 3 unspecified atom stereocenters. The zero-order valence-electron chi connectivity index (χ0n) is 20.9. The second-order valence-electron chi connectivity index (χ2n) is 11.7. The summed E-state index contributed by atoms with van der Waals surface area (Å²) in [6, 6.07) is 2.53. The monoisotopic (exact) mass is 575 g/mol. The molecule has 0 saturated heterocycles. The third kappa shape index (κ3) is 5.53. The summed E-state index contributed by atoms with van der Waals surface area (Å²) in [5.41, 5.74) is -1.36. The molecule has 1 aliphatic carbocycles. The first-order valence-electron chi connectivity index (χ1n) is 11.4. The van der Waals surface area contributed by atoms with E-state index < -0.39 is 42.0 Å². The van der Waals surface area contributed by atoms with Crippen molar-refractivity contribution >= 4 is 47.0 Å². The molecule has 1 aromatic heterocycles. The van der Waals surface area contributed by atoms with E-state index >= 15 is 0 Å². The molecule has 0 radical (unpaired) electrons. The molecule has 0 bridgehead atoms. The number of nitrogens with zero attached hydrogens (tertiary/aromatic N) is 3. The first-order chi connectivity index (χ1) is 15.5. The second-order valence-corrected chi connectivity index (χ2v) is 19.6. The van der Waals surface area contributed by atoms with Gasteiger partial charge in [-0.1, -0.05) is 52.2 Å². The topological polar surface area (TPSA) is 95.2 Å². The van der Waals surface area contributed by atoms with Crippen molar-refractivity contribution < 1.29 is 24.1 Å². The maximum Gasteiger partial charge on any atom is 0.415 e. The predicted octanol–water partition coefficient (Wildman–Crippen LogP) is 5.76. The van der Waals surface area contributed by atoms with E-state index in [0.717, 1.165) is 6.04 Å². The quantitative estimate of drug-likeness (QED) is 0.244. The normalized spacial score (nSPS) is 27.6. The van der Waals surface area contributed by atoms with Crippen molar-refractivity contribution in [3.8, 4) is 0 Å². The van der Waals surface area contributed by atoms with Crippen molar-refractivity contribution in [1.29, 1.82) is 0 Å². The maximum atomic E-state index is 14.9. The molecular formula is C23H35BrFN3O4SSi. The van der Waals surface area contributed by atoms with E-state index in [9.17, 15) is 19.4 Å². The molecule has 1 fully saturated rings. The van der Waals surface area contributed by atoms with Gasteiger partial charge in [-0.25, -0.2) is 14.7 Å². The Kier molecular flexibility index (Phi) is 7.67. The van der Waals surface area contributed by atoms with Crippen LogP contribution in [0.3, 0.4) is 0 Å². The molecule has 190 valence electrons. The lowest BCUT2D eigenvalue weighted by Crippen LogP contribution is -2.53. The van der Waals surface area contributed by atoms with Crippen LogP contribution in [-0.4, -0.2) is 63.6 Å². The molecule has 3 rings (SSSR count). The summed E-state index contributed by atoms with van der Waals surface area (Å²) in [6.07, 6.45) is -0.0227. The van der Waals surface area contributed by atoms with Gasteiger partial charge < -0.3 is 14.9 Å². The minimum atomic E-state index is -1.40. The Morgan fingerprint density at radius 3 is 2.62 bits per heavy atom. The Labute approximate surface area is 214 Å². The van der Waals surface area contributed by atoms with Gasteiger partial charge in [0.05, 0.1) is 16.9 Å². The van der Waals surface area contributed by atoms with Crippen molar-refractivity contribution in [3.05, 3.63) is 28.2 Å². The van der Waals surface area contributed by atoms with Gasteiger partial charge in [0, 0.05) is 42.2 Å². The largest absolute Gasteiger partial charge is 0.465 e. The number of pyridine rings is 1. The smallest absolute Gasteiger partial charge is 0.415 e. The molecule has 2 N–H and O–H groups in total. The van der Waals surface area contributed by atoms with Crippen molar-refractivity contribution in [1.82, 2.24) is 9.88 Å². The third-order valence-corrected chi connectivity index (χ3v) is 10.1. The fourth-order valence-corrected chi connectivity index (χ4v) is 7.02. The van der Waals surface area contributed by atoms with Crippen LogP contribution in [0.4, 0.5) is 9.18 Å². The summed E-state index contributed by atoms with van der Waals surface area (Å²) >= 11 is 4.61. The number of amides is 1. The van der Waals surface area contributed by atoms with Crippen LogP contribution in [0.25, 0.3) is 0 Å². The lowest BCUT2D eigenvalue weighted by molar-refractivity contribution is -0.0761. The van der Waals surface area contributed by atoms with Crippen LogP contribution in [0.1, 0.15) is 39.7 Å². The number of amidine groups is 1. The van der Waals surface area contributed by atoms with Crippen molar-refractivity contribution in [3.63, 3.8) is 0 Å². The van der Waals surface area contributed by atoms with Gasteiger partial charge in [0.2, 0.25) is 5.95 Å². The summed E-state index contributed by atoms with van der Waals surface area (Å²) < 4.78 is 21.1. The summed E-state index contributed by atoms with van der Waals surface area (Å²) in [6.45, 7) is 14.6. The Morgan fingerprint density at radius 2 is 2.09 bits per heavy atom. The van der Waals surface area contributed by atoms with Crippen LogP contribution in [0.2, 0.25) is 25.7 Å². The first-order valence-corrected chi connectivity index (χ1v) is 16.7. The number of carboxylic acid groups (broad SMARTS) is 1. The SMILES string of the molecule is CC(C)(C)C(OCC[Si](C)(C)C)N(C(=O)O)C1=N[C@](C)(c2cc(Br)cnc2F)C2CC2(CO)S1. The number of aliphatic hydroxyl groups is 1. The van der Waals surface area contributed by atoms with E-state index in [1.165, 1.54) is 22.9 Å². The number of aliphatic imine (C=N–C) groups is 1. The molecule has 1 amide bonds. The fraction of sp³-hybridized carbons (Fsp3) is 0.696. The van der Waals surface area contributed by atoms with Crippen molar-refractivity contribution in [2.75, 3.05) is 13.2 Å². The Morgan fingerprint density at radius 1 is 1.44 bits per heavy atom. The molecule has 7 nitrogen and oxygen atoms in total. The van der Waals surface area contributed by atoms with Gasteiger partial charge in [-0.05, 0) is 41.4 Å². The van der Waals surface area contributed by atoms with Gasteiger partial charge in [0.15, 0.2) is 5.17 Å². The van der Waals surface area contributed by atoms with Crippen LogP contribution in [0, 0.1) is 17.3 Å². The van der Waals surface area contributed by atoms with E-state index in [-0.39, 0.29) is 23.3 Å². The molecular weight excluding hydrogens is 541 g/mol. The molecule has 1 aliphatic heterocycles. The number of aromatic nitrogens is 1. The highest BCUT2D eigenvalue weighted by Gasteiger charge is 2.67. The minimum Gasteiger partial charge on any atom is -0.465 e. The molecule has 2 heterocycles. The van der Waals surface area contributed by atoms with Gasteiger partial charge in [0.1, 0.15) is 6.23 Å². The van der Waals surface area contributed by atoms with Crippen molar-refractivity contribution in [2.45, 2.75) is 76.3 Å². The number of hydrogen-bond acceptors (Lipinski definition) is 6. The van der Waals surface area contributed by atoms with Crippen LogP contribution in [0.5, 0.6) is 0 Å². The lowest BCUT2D eigenvalue weighted by Gasteiger charge is -2.42. The highest BCUT2D eigenvalue weighted by molar-refractivity contribution is 9.10. The minimum absolute atomic E-state index is 0.152. The van der Waals surface area contributed by atoms with Gasteiger partial charge in [-0.3, -0.25) is 4.99 Å². The van der Waals surface area contributed by atoms with Gasteiger partial charge in [-0.2, -0.15) is 4.39 Å². The molecule has 1 aromatic rings. The average Bonchev–Trinajstić information content (AvgIpc) is 3.43. The van der Waals surface area contributed by atoms with Crippen LogP contribution in [0.15, 0.2) is 21.7 Å². The summed E-state index contributed by atoms with van der Waals surface area (Å²) in [5, 5.41) is 20.8. The number of carbonyl (C=O) groups is 1. The molecule has 4 atom stereocenters. The highest BCUT2D eigenvalue weighted by atomic mass is 79.9. The summed E-state index contributed by atoms with van der Waals surface area (Å²) in [5.74, 6) is -0.805. The predicted molar refractivity (Wildman–Crippen MR) is 139 cm³/mol. The number of rotatable bonds is 7. The summed E-state index contributed by atoms with van der Waals surface area (Å²) in [7, 11) is -1.40. The van der Waals surface area contributed by atoms with Gasteiger partial charge in [0.25, 0.3) is 0 Å². The van der Waals surface area contributed by atoms with E-state index in [2.05, 4.69) is 40.6 Å². The standard InChI is InChI=1S/C23H35BrFN3O4SSi/c1-21(2,3)18(32-8-9-34(5,6)7)28(20(30)31)19-27-22(4,16-11-23(16,13-29)33-19)15-10-14(24)12-26-17(15)25/h10,12,16,18,29H,8-9,11,13H2,1-7H3,(H,30,31)/t16?,18?,22-,23?/m1/s1. The molecule has 11 heteroatoms.